The third kappa shape index (κ3) is 4.57. The van der Waals surface area contributed by atoms with Crippen LogP contribution in [0.5, 0.6) is 5.75 Å². The van der Waals surface area contributed by atoms with Crippen molar-refractivity contribution >= 4 is 44.6 Å². The highest BCUT2D eigenvalue weighted by atomic mass is 79.9. The largest absolute Gasteiger partial charge is 0.573 e. The first-order valence-electron chi connectivity index (χ1n) is 5.35. The Kier molecular flexibility index (Phi) is 4.82. The zero-order valence-corrected chi connectivity index (χ0v) is 13.0. The van der Waals surface area contributed by atoms with E-state index in [0.29, 0.717) is 17.3 Å². The van der Waals surface area contributed by atoms with Crippen molar-refractivity contribution in [3.8, 4) is 5.75 Å². The van der Waals surface area contributed by atoms with Crippen molar-refractivity contribution in [1.29, 1.82) is 0 Å². The van der Waals surface area contributed by atoms with E-state index < -0.39 is 6.36 Å². The van der Waals surface area contributed by atoms with Gasteiger partial charge in [0.25, 0.3) is 0 Å². The first kappa shape index (κ1) is 15.5. The van der Waals surface area contributed by atoms with Crippen LogP contribution in [0.25, 0.3) is 0 Å². The smallest absolute Gasteiger partial charge is 0.405 e. The second kappa shape index (κ2) is 6.24. The molecular formula is C12H8BrClF3NOS. The van der Waals surface area contributed by atoms with Crippen LogP contribution in [0.15, 0.2) is 34.1 Å². The molecule has 0 amide bonds. The zero-order valence-electron chi connectivity index (χ0n) is 9.80. The van der Waals surface area contributed by atoms with Crippen LogP contribution in [-0.2, 0) is 6.54 Å². The number of nitrogens with one attached hydrogen (secondary N) is 1. The number of alkyl halides is 3. The van der Waals surface area contributed by atoms with Crippen molar-refractivity contribution in [2.75, 3.05) is 5.32 Å². The highest BCUT2D eigenvalue weighted by molar-refractivity contribution is 9.10. The summed E-state index contributed by atoms with van der Waals surface area (Å²) >= 11 is 10.4. The molecule has 8 heteroatoms. The molecule has 0 fully saturated rings. The van der Waals surface area contributed by atoms with Gasteiger partial charge in [0.1, 0.15) is 5.75 Å². The summed E-state index contributed by atoms with van der Waals surface area (Å²) in [5.74, 6) is -0.276. The minimum atomic E-state index is -4.70. The average Bonchev–Trinajstić information content (AvgIpc) is 2.74. The standard InChI is InChI=1S/C12H8BrClF3NOS/c13-10-4-8(1-2-11(10)19-12(15,16)17)18-5-9-3-7(14)6-20-9/h1-4,6,18H,5H2. The molecule has 1 heterocycles. The van der Waals surface area contributed by atoms with E-state index in [4.69, 9.17) is 11.6 Å². The third-order valence-corrected chi connectivity index (χ3v) is 4.15. The number of hydrogen-bond donors (Lipinski definition) is 1. The van der Waals surface area contributed by atoms with Crippen LogP contribution in [0.4, 0.5) is 18.9 Å². The number of halogens is 5. The van der Waals surface area contributed by atoms with Crippen molar-refractivity contribution in [2.24, 2.45) is 0 Å². The minimum Gasteiger partial charge on any atom is -0.405 e. The maximum Gasteiger partial charge on any atom is 0.573 e. The topological polar surface area (TPSA) is 21.3 Å². The highest BCUT2D eigenvalue weighted by Gasteiger charge is 2.31. The molecule has 2 rings (SSSR count). The number of rotatable bonds is 4. The van der Waals surface area contributed by atoms with E-state index >= 15 is 0 Å². The van der Waals surface area contributed by atoms with Gasteiger partial charge in [-0.25, -0.2) is 0 Å². The van der Waals surface area contributed by atoms with Gasteiger partial charge in [0.2, 0.25) is 0 Å². The monoisotopic (exact) mass is 385 g/mol. The van der Waals surface area contributed by atoms with Crippen molar-refractivity contribution in [2.45, 2.75) is 12.9 Å². The first-order chi connectivity index (χ1) is 9.33. The van der Waals surface area contributed by atoms with E-state index in [1.54, 1.807) is 0 Å². The second-order valence-electron chi connectivity index (χ2n) is 3.78. The van der Waals surface area contributed by atoms with Gasteiger partial charge in [-0.1, -0.05) is 11.6 Å². The Labute approximate surface area is 130 Å². The van der Waals surface area contributed by atoms with E-state index in [2.05, 4.69) is 26.0 Å². The van der Waals surface area contributed by atoms with Crippen molar-refractivity contribution in [1.82, 2.24) is 0 Å². The Balaban J connectivity index is 2.01. The van der Waals surface area contributed by atoms with Gasteiger partial charge in [-0.05, 0) is 40.2 Å². The summed E-state index contributed by atoms with van der Waals surface area (Å²) in [6.45, 7) is 0.545. The molecule has 1 aromatic carbocycles. The molecule has 20 heavy (non-hydrogen) atoms. The van der Waals surface area contributed by atoms with Gasteiger partial charge in [0.05, 0.1) is 9.50 Å². The third-order valence-electron chi connectivity index (χ3n) is 2.25. The molecule has 0 aliphatic rings. The van der Waals surface area contributed by atoms with Gasteiger partial charge < -0.3 is 10.1 Å². The van der Waals surface area contributed by atoms with Gasteiger partial charge in [-0.3, -0.25) is 0 Å². The van der Waals surface area contributed by atoms with Gasteiger partial charge in [0.15, 0.2) is 0 Å². The van der Waals surface area contributed by atoms with Gasteiger partial charge in [0, 0.05) is 22.5 Å². The quantitative estimate of drug-likeness (QED) is 0.730. The van der Waals surface area contributed by atoms with Crippen molar-refractivity contribution in [3.63, 3.8) is 0 Å². The van der Waals surface area contributed by atoms with Crippen LogP contribution >= 0.6 is 38.9 Å². The van der Waals surface area contributed by atoms with Crippen molar-refractivity contribution < 1.29 is 17.9 Å². The summed E-state index contributed by atoms with van der Waals surface area (Å²) in [4.78, 5) is 1.03. The van der Waals surface area contributed by atoms with Gasteiger partial charge >= 0.3 is 6.36 Å². The molecule has 0 unspecified atom stereocenters. The summed E-state index contributed by atoms with van der Waals surface area (Å²) in [5, 5.41) is 5.57. The van der Waals surface area contributed by atoms with Crippen molar-refractivity contribution in [3.05, 3.63) is 44.0 Å². The number of thiophene rings is 1. The summed E-state index contributed by atoms with van der Waals surface area (Å²) in [6.07, 6.45) is -4.70. The van der Waals surface area contributed by atoms with E-state index in [1.807, 2.05) is 11.4 Å². The van der Waals surface area contributed by atoms with E-state index in [0.717, 1.165) is 4.88 Å². The van der Waals surface area contributed by atoms with Crippen LogP contribution in [0.1, 0.15) is 4.88 Å². The van der Waals surface area contributed by atoms with Gasteiger partial charge in [-0.15, -0.1) is 24.5 Å². The molecule has 0 spiro atoms. The number of ether oxygens (including phenoxy) is 1. The molecule has 108 valence electrons. The lowest BCUT2D eigenvalue weighted by atomic mass is 10.3. The lowest BCUT2D eigenvalue weighted by Crippen LogP contribution is -2.17. The Morgan fingerprint density at radius 2 is 2.05 bits per heavy atom. The molecule has 2 nitrogen and oxygen atoms in total. The van der Waals surface area contributed by atoms with Gasteiger partial charge in [-0.2, -0.15) is 0 Å². The number of hydrogen-bond acceptors (Lipinski definition) is 3. The zero-order chi connectivity index (χ0) is 14.8. The maximum atomic E-state index is 12.1. The molecule has 0 aliphatic heterocycles. The molecule has 0 saturated heterocycles. The molecule has 1 N–H and O–H groups in total. The Morgan fingerprint density at radius 1 is 1.30 bits per heavy atom. The molecule has 0 aliphatic carbocycles. The predicted octanol–water partition coefficient (Wildman–Crippen LogP) is 5.67. The summed E-state index contributed by atoms with van der Waals surface area (Å²) in [7, 11) is 0. The number of anilines is 1. The summed E-state index contributed by atoms with van der Waals surface area (Å²) in [6, 6.07) is 6.12. The Morgan fingerprint density at radius 3 is 2.60 bits per heavy atom. The Bertz CT molecular complexity index is 603. The summed E-state index contributed by atoms with van der Waals surface area (Å²) in [5.41, 5.74) is 0.677. The van der Waals surface area contributed by atoms with Crippen LogP contribution in [0.2, 0.25) is 5.02 Å². The predicted molar refractivity (Wildman–Crippen MR) is 77.5 cm³/mol. The Hall–Kier alpha value is -0.920. The number of benzene rings is 1. The lowest BCUT2D eigenvalue weighted by Gasteiger charge is -2.12. The SMILES string of the molecule is FC(F)(F)Oc1ccc(NCc2cc(Cl)cs2)cc1Br. The molecule has 0 radical (unpaired) electrons. The molecule has 0 saturated carbocycles. The molecule has 0 bridgehead atoms. The molecular weight excluding hydrogens is 379 g/mol. The lowest BCUT2D eigenvalue weighted by molar-refractivity contribution is -0.274. The highest BCUT2D eigenvalue weighted by Crippen LogP contribution is 2.32. The molecule has 0 atom stereocenters. The fourth-order valence-electron chi connectivity index (χ4n) is 1.45. The molecule has 2 aromatic rings. The van der Waals surface area contributed by atoms with E-state index in [9.17, 15) is 13.2 Å². The molecule has 1 aromatic heterocycles. The van der Waals surface area contributed by atoms with Crippen LogP contribution in [0, 0.1) is 0 Å². The first-order valence-corrected chi connectivity index (χ1v) is 7.40. The second-order valence-corrected chi connectivity index (χ2v) is 6.06. The van der Waals surface area contributed by atoms with Crippen LogP contribution < -0.4 is 10.1 Å². The van der Waals surface area contributed by atoms with Crippen LogP contribution in [0.3, 0.4) is 0 Å². The van der Waals surface area contributed by atoms with E-state index in [1.165, 1.54) is 29.5 Å². The van der Waals surface area contributed by atoms with Crippen LogP contribution in [-0.4, -0.2) is 6.36 Å². The maximum absolute atomic E-state index is 12.1. The minimum absolute atomic E-state index is 0.226. The normalized spacial score (nSPS) is 11.4. The fourth-order valence-corrected chi connectivity index (χ4v) is 2.93. The van der Waals surface area contributed by atoms with E-state index in [-0.39, 0.29) is 10.2 Å². The fraction of sp³-hybridized carbons (Fsp3) is 0.167. The average molecular weight is 387 g/mol. The summed E-state index contributed by atoms with van der Waals surface area (Å²) < 4.78 is 40.5.